The van der Waals surface area contributed by atoms with Crippen LogP contribution >= 0.6 is 0 Å². The van der Waals surface area contributed by atoms with Gasteiger partial charge in [0.15, 0.2) is 35.7 Å². The lowest BCUT2D eigenvalue weighted by Crippen LogP contribution is -2.41. The zero-order valence-corrected chi connectivity index (χ0v) is 20.3. The highest BCUT2D eigenvalue weighted by Gasteiger charge is 2.31. The number of nitrogens with zero attached hydrogens (tertiary/aromatic N) is 1. The molecule has 0 saturated carbocycles. The summed E-state index contributed by atoms with van der Waals surface area (Å²) in [5.41, 5.74) is 6.55. The second-order valence-corrected chi connectivity index (χ2v) is 9.15. The molecule has 0 radical (unpaired) electrons. The van der Waals surface area contributed by atoms with Crippen LogP contribution in [-0.4, -0.2) is 27.4 Å². The molecule has 6 rings (SSSR count). The molecule has 0 fully saturated rings. The lowest BCUT2D eigenvalue weighted by molar-refractivity contribution is -0.686. The second-order valence-electron chi connectivity index (χ2n) is 9.15. The summed E-state index contributed by atoms with van der Waals surface area (Å²) in [6.07, 6.45) is 6.24. The van der Waals surface area contributed by atoms with Crippen LogP contribution in [0.15, 0.2) is 60.8 Å². The lowest BCUT2D eigenvalue weighted by atomic mass is 9.89. The molecule has 1 aromatic heterocycles. The summed E-state index contributed by atoms with van der Waals surface area (Å²) in [4.78, 5) is 0. The van der Waals surface area contributed by atoms with E-state index >= 15 is 0 Å². The summed E-state index contributed by atoms with van der Waals surface area (Å²) in [6.45, 7) is 2.10. The zero-order chi connectivity index (χ0) is 23.8. The van der Waals surface area contributed by atoms with Gasteiger partial charge in [-0.15, -0.1) is 0 Å². The Hall–Kier alpha value is -3.73. The Morgan fingerprint density at radius 2 is 1.66 bits per heavy atom. The molecule has 35 heavy (non-hydrogen) atoms. The lowest BCUT2D eigenvalue weighted by Gasteiger charge is -2.24. The molecule has 5 heteroatoms. The minimum atomic E-state index is 0.588. The standard InChI is InChI=1S/C30H30NO4/c1-32-26-12-11-22-23(10-6-9-20-7-4-3-5-8-20)29-24-18-28-27(34-15-16-35-28)17-21(24)13-14-31(29)19-25(22)30(26)33-2/h3-5,7-8,11-12,17-19H,6,9-10,13-16H2,1-2H3/q+1. The number of fused-ring (bicyclic) bond motifs is 5. The molecule has 0 N–H and O–H groups in total. The summed E-state index contributed by atoms with van der Waals surface area (Å²) >= 11 is 0. The number of aryl methyl sites for hydroxylation is 4. The first kappa shape index (κ1) is 21.8. The van der Waals surface area contributed by atoms with Crippen LogP contribution in [0.3, 0.4) is 0 Å². The van der Waals surface area contributed by atoms with E-state index < -0.39 is 0 Å². The second kappa shape index (κ2) is 9.14. The van der Waals surface area contributed by atoms with Crippen molar-refractivity contribution in [2.45, 2.75) is 32.2 Å². The number of pyridine rings is 1. The number of methoxy groups -OCH3 is 2. The normalized spacial score (nSPS) is 13.8. The van der Waals surface area contributed by atoms with E-state index in [-0.39, 0.29) is 0 Å². The van der Waals surface area contributed by atoms with E-state index in [1.54, 1.807) is 14.2 Å². The van der Waals surface area contributed by atoms with Crippen LogP contribution in [0.1, 0.15) is 23.1 Å². The molecule has 2 aliphatic heterocycles. The third-order valence-electron chi connectivity index (χ3n) is 7.15. The van der Waals surface area contributed by atoms with Gasteiger partial charge in [-0.3, -0.25) is 0 Å². The zero-order valence-electron chi connectivity index (χ0n) is 20.3. The third kappa shape index (κ3) is 3.85. The van der Waals surface area contributed by atoms with Crippen molar-refractivity contribution in [2.24, 2.45) is 0 Å². The molecule has 0 bridgehead atoms. The van der Waals surface area contributed by atoms with Gasteiger partial charge in [0.1, 0.15) is 13.2 Å². The number of rotatable bonds is 6. The fraction of sp³-hybridized carbons (Fsp3) is 0.300. The highest BCUT2D eigenvalue weighted by molar-refractivity contribution is 5.95. The van der Waals surface area contributed by atoms with Gasteiger partial charge in [0.2, 0.25) is 5.69 Å². The molecule has 0 spiro atoms. The van der Waals surface area contributed by atoms with E-state index in [9.17, 15) is 0 Å². The van der Waals surface area contributed by atoms with Crippen LogP contribution in [0.5, 0.6) is 23.0 Å². The van der Waals surface area contributed by atoms with Gasteiger partial charge in [-0.05, 0) is 54.7 Å². The van der Waals surface area contributed by atoms with Gasteiger partial charge in [-0.25, -0.2) is 0 Å². The van der Waals surface area contributed by atoms with Crippen LogP contribution in [0.2, 0.25) is 0 Å². The van der Waals surface area contributed by atoms with Crippen LogP contribution in [0.4, 0.5) is 0 Å². The highest BCUT2D eigenvalue weighted by Crippen LogP contribution is 2.43. The summed E-state index contributed by atoms with van der Waals surface area (Å²) in [7, 11) is 3.41. The molecule has 2 aliphatic rings. The number of benzene rings is 3. The van der Waals surface area contributed by atoms with Gasteiger partial charge in [0.25, 0.3) is 0 Å². The summed E-state index contributed by atoms with van der Waals surface area (Å²) in [5, 5.41) is 2.30. The van der Waals surface area contributed by atoms with Crippen molar-refractivity contribution in [3.63, 3.8) is 0 Å². The van der Waals surface area contributed by atoms with Crippen molar-refractivity contribution in [1.82, 2.24) is 0 Å². The Labute approximate surface area is 205 Å². The SMILES string of the molecule is COc1ccc2c(CCCc3ccccc3)c3[n+](cc2c1OC)CCc1cc2c(cc1-3)OCCO2. The Kier molecular flexibility index (Phi) is 5.69. The minimum Gasteiger partial charge on any atom is -0.493 e. The molecule has 0 atom stereocenters. The molecular weight excluding hydrogens is 438 g/mol. The maximum Gasteiger partial charge on any atom is 0.216 e. The van der Waals surface area contributed by atoms with Crippen LogP contribution in [0, 0.1) is 0 Å². The van der Waals surface area contributed by atoms with E-state index in [0.29, 0.717) is 13.2 Å². The number of aromatic nitrogens is 1. The average molecular weight is 469 g/mol. The molecule has 0 aliphatic carbocycles. The predicted molar refractivity (Wildman–Crippen MR) is 136 cm³/mol. The third-order valence-corrected chi connectivity index (χ3v) is 7.15. The fourth-order valence-corrected chi connectivity index (χ4v) is 5.52. The van der Waals surface area contributed by atoms with Gasteiger partial charge in [0.05, 0.1) is 25.2 Å². The van der Waals surface area contributed by atoms with Crippen LogP contribution in [0.25, 0.3) is 22.0 Å². The van der Waals surface area contributed by atoms with Crippen molar-refractivity contribution >= 4 is 10.8 Å². The van der Waals surface area contributed by atoms with Crippen LogP contribution < -0.4 is 23.5 Å². The van der Waals surface area contributed by atoms with Crippen LogP contribution in [-0.2, 0) is 25.8 Å². The van der Waals surface area contributed by atoms with E-state index in [4.69, 9.17) is 18.9 Å². The molecular formula is C30H30NO4+. The molecule has 0 unspecified atom stereocenters. The first-order valence-corrected chi connectivity index (χ1v) is 12.3. The first-order chi connectivity index (χ1) is 17.3. The molecule has 3 heterocycles. The topological polar surface area (TPSA) is 40.8 Å². The van der Waals surface area contributed by atoms with E-state index in [1.807, 2.05) is 6.07 Å². The molecule has 0 amide bonds. The fourth-order valence-electron chi connectivity index (χ4n) is 5.52. The van der Waals surface area contributed by atoms with Crippen molar-refractivity contribution < 1.29 is 23.5 Å². The predicted octanol–water partition coefficient (Wildman–Crippen LogP) is 5.31. The maximum atomic E-state index is 5.97. The van der Waals surface area contributed by atoms with Crippen molar-refractivity contribution in [2.75, 3.05) is 27.4 Å². The van der Waals surface area contributed by atoms with Crippen molar-refractivity contribution in [3.8, 4) is 34.3 Å². The quantitative estimate of drug-likeness (QED) is 0.360. The number of hydrogen-bond acceptors (Lipinski definition) is 4. The van der Waals surface area contributed by atoms with Gasteiger partial charge >= 0.3 is 0 Å². The summed E-state index contributed by atoms with van der Waals surface area (Å²) in [6, 6.07) is 19.3. The van der Waals surface area contributed by atoms with Gasteiger partial charge < -0.3 is 18.9 Å². The molecule has 3 aromatic carbocycles. The summed E-state index contributed by atoms with van der Waals surface area (Å²) in [5.74, 6) is 3.25. The Balaban J connectivity index is 1.52. The minimum absolute atomic E-state index is 0.588. The Bertz CT molecular complexity index is 1400. The van der Waals surface area contributed by atoms with Crippen molar-refractivity contribution in [1.29, 1.82) is 0 Å². The molecule has 4 aromatic rings. The Morgan fingerprint density at radius 1 is 0.857 bits per heavy atom. The van der Waals surface area contributed by atoms with Crippen molar-refractivity contribution in [3.05, 3.63) is 77.5 Å². The van der Waals surface area contributed by atoms with E-state index in [0.717, 1.165) is 60.6 Å². The van der Waals surface area contributed by atoms with Gasteiger partial charge in [0, 0.05) is 17.4 Å². The average Bonchev–Trinajstić information content (AvgIpc) is 2.91. The molecule has 0 saturated heterocycles. The largest absolute Gasteiger partial charge is 0.493 e. The number of ether oxygens (including phenoxy) is 4. The van der Waals surface area contributed by atoms with E-state index in [2.05, 4.69) is 59.3 Å². The van der Waals surface area contributed by atoms with Gasteiger partial charge in [-0.2, -0.15) is 4.57 Å². The monoisotopic (exact) mass is 468 g/mol. The number of hydrogen-bond donors (Lipinski definition) is 0. The Morgan fingerprint density at radius 3 is 2.43 bits per heavy atom. The molecule has 5 nitrogen and oxygen atoms in total. The maximum absolute atomic E-state index is 5.97. The molecule has 178 valence electrons. The van der Waals surface area contributed by atoms with Gasteiger partial charge in [-0.1, -0.05) is 30.3 Å². The highest BCUT2D eigenvalue weighted by atomic mass is 16.6. The smallest absolute Gasteiger partial charge is 0.216 e. The summed E-state index contributed by atoms with van der Waals surface area (Å²) < 4.78 is 25.7. The first-order valence-electron chi connectivity index (χ1n) is 12.3. The van der Waals surface area contributed by atoms with E-state index in [1.165, 1.54) is 33.3 Å².